The average Bonchev–Trinajstić information content (AvgIpc) is 3.17. The van der Waals surface area contributed by atoms with Gasteiger partial charge < -0.3 is 15.1 Å². The molecule has 1 aromatic heterocycles. The van der Waals surface area contributed by atoms with Gasteiger partial charge in [-0.25, -0.2) is 13.1 Å². The lowest BCUT2D eigenvalue weighted by atomic mass is 10.2. The molecule has 8 nitrogen and oxygen atoms in total. The minimum Gasteiger partial charge on any atom is -0.349 e. The zero-order chi connectivity index (χ0) is 22.4. The summed E-state index contributed by atoms with van der Waals surface area (Å²) in [5.41, 5.74) is 0.609. The Morgan fingerprint density at radius 2 is 1.77 bits per heavy atom. The predicted octanol–water partition coefficient (Wildman–Crippen LogP) is 1.39. The van der Waals surface area contributed by atoms with Crippen LogP contribution in [0.25, 0.3) is 0 Å². The highest BCUT2D eigenvalue weighted by molar-refractivity contribution is 7.88. The molecule has 0 bridgehead atoms. The smallest absolute Gasteiger partial charge is 0.261 e. The van der Waals surface area contributed by atoms with E-state index in [1.54, 1.807) is 47.4 Å². The highest BCUT2D eigenvalue weighted by atomic mass is 35.5. The van der Waals surface area contributed by atoms with Gasteiger partial charge in [-0.2, -0.15) is 0 Å². The normalized spacial score (nSPS) is 16.1. The minimum absolute atomic E-state index is 0.159. The van der Waals surface area contributed by atoms with Crippen molar-refractivity contribution >= 4 is 44.8 Å². The maximum absolute atomic E-state index is 13.1. The fourth-order valence-electron chi connectivity index (χ4n) is 3.20. The first kappa shape index (κ1) is 23.7. The standard InChI is InChI=1S/C20H25ClN4O4S2/c1-24-9-11-25(12-10-24)20(27)16(13-22-19(26)17-7-8-18(21)30-17)23-31(28,29)14-15-5-3-2-4-6-15/h2-8,16,23H,9-14H2,1H3,(H,22,26)/t16-/m0/s1. The summed E-state index contributed by atoms with van der Waals surface area (Å²) in [4.78, 5) is 29.6. The molecule has 168 valence electrons. The number of nitrogens with zero attached hydrogens (tertiary/aromatic N) is 2. The molecule has 2 N–H and O–H groups in total. The van der Waals surface area contributed by atoms with Gasteiger partial charge in [-0.3, -0.25) is 9.59 Å². The Labute approximate surface area is 191 Å². The number of halogens is 1. The van der Waals surface area contributed by atoms with E-state index in [9.17, 15) is 18.0 Å². The molecule has 1 aliphatic heterocycles. The van der Waals surface area contributed by atoms with Crippen molar-refractivity contribution in [3.63, 3.8) is 0 Å². The van der Waals surface area contributed by atoms with Gasteiger partial charge in [0, 0.05) is 32.7 Å². The molecule has 1 aliphatic rings. The molecule has 0 saturated carbocycles. The number of nitrogens with one attached hydrogen (secondary N) is 2. The quantitative estimate of drug-likeness (QED) is 0.590. The molecule has 2 aromatic rings. The largest absolute Gasteiger partial charge is 0.349 e. The number of hydrogen-bond donors (Lipinski definition) is 2. The third-order valence-corrected chi connectivity index (χ3v) is 7.49. The van der Waals surface area contributed by atoms with E-state index in [1.807, 2.05) is 7.05 Å². The van der Waals surface area contributed by atoms with Crippen molar-refractivity contribution in [2.75, 3.05) is 39.8 Å². The van der Waals surface area contributed by atoms with E-state index < -0.39 is 22.0 Å². The fourth-order valence-corrected chi connectivity index (χ4v) is 5.49. The van der Waals surface area contributed by atoms with E-state index in [0.717, 1.165) is 11.3 Å². The summed E-state index contributed by atoms with van der Waals surface area (Å²) in [5, 5.41) is 2.66. The van der Waals surface area contributed by atoms with Crippen LogP contribution >= 0.6 is 22.9 Å². The maximum atomic E-state index is 13.1. The van der Waals surface area contributed by atoms with Gasteiger partial charge in [-0.1, -0.05) is 41.9 Å². The van der Waals surface area contributed by atoms with Crippen LogP contribution in [0.2, 0.25) is 4.34 Å². The molecule has 1 saturated heterocycles. The Bertz CT molecular complexity index is 1010. The van der Waals surface area contributed by atoms with Crippen LogP contribution in [0, 0.1) is 0 Å². The molecule has 0 unspecified atom stereocenters. The Morgan fingerprint density at radius 1 is 1.10 bits per heavy atom. The van der Waals surface area contributed by atoms with Crippen molar-refractivity contribution in [2.24, 2.45) is 0 Å². The molecule has 1 fully saturated rings. The highest BCUT2D eigenvalue weighted by Gasteiger charge is 2.30. The summed E-state index contributed by atoms with van der Waals surface area (Å²) >= 11 is 6.99. The van der Waals surface area contributed by atoms with Crippen molar-refractivity contribution in [1.29, 1.82) is 0 Å². The number of piperazine rings is 1. The van der Waals surface area contributed by atoms with Gasteiger partial charge in [0.05, 0.1) is 15.0 Å². The first-order valence-corrected chi connectivity index (χ1v) is 12.6. The van der Waals surface area contributed by atoms with E-state index >= 15 is 0 Å². The summed E-state index contributed by atoms with van der Waals surface area (Å²) in [6, 6.07) is 10.8. The lowest BCUT2D eigenvalue weighted by molar-refractivity contribution is -0.134. The van der Waals surface area contributed by atoms with Crippen LogP contribution in [-0.4, -0.2) is 75.8 Å². The molecule has 3 rings (SSSR count). The lowest BCUT2D eigenvalue weighted by Crippen LogP contribution is -2.57. The number of carbonyl (C=O) groups is 2. The molecule has 11 heteroatoms. The SMILES string of the molecule is CN1CCN(C(=O)[C@H](CNC(=O)c2ccc(Cl)s2)NS(=O)(=O)Cc2ccccc2)CC1. The summed E-state index contributed by atoms with van der Waals surface area (Å²) in [6.07, 6.45) is 0. The number of rotatable bonds is 8. The molecule has 2 heterocycles. The monoisotopic (exact) mass is 484 g/mol. The summed E-state index contributed by atoms with van der Waals surface area (Å²) < 4.78 is 28.5. The second kappa shape index (κ2) is 10.6. The number of amides is 2. The second-order valence-corrected chi connectivity index (χ2v) is 10.8. The van der Waals surface area contributed by atoms with E-state index in [1.165, 1.54) is 0 Å². The Morgan fingerprint density at radius 3 is 2.39 bits per heavy atom. The summed E-state index contributed by atoms with van der Waals surface area (Å²) in [7, 11) is -1.85. The number of benzene rings is 1. The number of thiophene rings is 1. The Balaban J connectivity index is 1.71. The predicted molar refractivity (Wildman–Crippen MR) is 122 cm³/mol. The van der Waals surface area contributed by atoms with Crippen LogP contribution < -0.4 is 10.0 Å². The molecular formula is C20H25ClN4O4S2. The van der Waals surface area contributed by atoms with Crippen LogP contribution in [-0.2, 0) is 20.6 Å². The first-order chi connectivity index (χ1) is 14.7. The molecule has 0 spiro atoms. The average molecular weight is 485 g/mol. The van der Waals surface area contributed by atoms with E-state index in [-0.39, 0.29) is 18.2 Å². The van der Waals surface area contributed by atoms with Gasteiger partial charge in [-0.05, 0) is 24.7 Å². The Hall–Kier alpha value is -1.98. The molecule has 0 radical (unpaired) electrons. The highest BCUT2D eigenvalue weighted by Crippen LogP contribution is 2.21. The molecule has 2 amide bonds. The van der Waals surface area contributed by atoms with E-state index in [0.29, 0.717) is 41.0 Å². The molecule has 31 heavy (non-hydrogen) atoms. The van der Waals surface area contributed by atoms with Gasteiger partial charge in [-0.15, -0.1) is 11.3 Å². The van der Waals surface area contributed by atoms with E-state index in [4.69, 9.17) is 11.6 Å². The van der Waals surface area contributed by atoms with Crippen molar-refractivity contribution in [2.45, 2.75) is 11.8 Å². The zero-order valence-corrected chi connectivity index (χ0v) is 19.5. The first-order valence-electron chi connectivity index (χ1n) is 9.78. The zero-order valence-electron chi connectivity index (χ0n) is 17.1. The maximum Gasteiger partial charge on any atom is 0.261 e. The van der Waals surface area contributed by atoms with Crippen LogP contribution in [0.4, 0.5) is 0 Å². The second-order valence-electron chi connectivity index (χ2n) is 7.36. The number of sulfonamides is 1. The lowest BCUT2D eigenvalue weighted by Gasteiger charge is -2.34. The number of likely N-dealkylation sites (N-methyl/N-ethyl adjacent to an activating group) is 1. The summed E-state index contributed by atoms with van der Waals surface area (Å²) in [6.45, 7) is 2.25. The molecule has 0 aliphatic carbocycles. The third-order valence-electron chi connectivity index (χ3n) is 4.90. The third kappa shape index (κ3) is 7.01. The van der Waals surface area contributed by atoms with Crippen molar-refractivity contribution in [3.8, 4) is 0 Å². The number of carbonyl (C=O) groups excluding carboxylic acids is 2. The minimum atomic E-state index is -3.81. The topological polar surface area (TPSA) is 98.8 Å². The van der Waals surface area contributed by atoms with Crippen LogP contribution in [0.1, 0.15) is 15.2 Å². The Kier molecular flexibility index (Phi) is 8.06. The van der Waals surface area contributed by atoms with Gasteiger partial charge in [0.2, 0.25) is 15.9 Å². The van der Waals surface area contributed by atoms with Gasteiger partial charge in [0.15, 0.2) is 0 Å². The van der Waals surface area contributed by atoms with Crippen LogP contribution in [0.3, 0.4) is 0 Å². The molecule has 1 atom stereocenters. The van der Waals surface area contributed by atoms with Gasteiger partial charge >= 0.3 is 0 Å². The summed E-state index contributed by atoms with van der Waals surface area (Å²) in [5.74, 6) is -1.01. The number of hydrogen-bond acceptors (Lipinski definition) is 6. The van der Waals surface area contributed by atoms with Crippen LogP contribution in [0.15, 0.2) is 42.5 Å². The van der Waals surface area contributed by atoms with Gasteiger partial charge in [0.25, 0.3) is 5.91 Å². The van der Waals surface area contributed by atoms with Gasteiger partial charge in [0.1, 0.15) is 6.04 Å². The van der Waals surface area contributed by atoms with Crippen molar-refractivity contribution in [1.82, 2.24) is 19.8 Å². The molecular weight excluding hydrogens is 460 g/mol. The van der Waals surface area contributed by atoms with E-state index in [2.05, 4.69) is 14.9 Å². The fraction of sp³-hybridized carbons (Fsp3) is 0.400. The van der Waals surface area contributed by atoms with Crippen molar-refractivity contribution < 1.29 is 18.0 Å². The van der Waals surface area contributed by atoms with Crippen molar-refractivity contribution in [3.05, 3.63) is 57.2 Å². The molecule has 1 aromatic carbocycles. The van der Waals surface area contributed by atoms with Crippen LogP contribution in [0.5, 0.6) is 0 Å².